The van der Waals surface area contributed by atoms with Gasteiger partial charge in [-0.1, -0.05) is 36.4 Å². The Balaban J connectivity index is 0.000000273. The van der Waals surface area contributed by atoms with Gasteiger partial charge in [0.15, 0.2) is 17.3 Å². The number of Topliss-reactive ketones (excluding diaryl/α,β-unsaturated/α-hetero) is 1. The number of carbonyl (C=O) groups is 1. The van der Waals surface area contributed by atoms with Crippen LogP contribution in [0.4, 0.5) is 0 Å². The smallest absolute Gasteiger partial charge is 0.201 e. The average Bonchev–Trinajstić information content (AvgIpc) is 2.66. The van der Waals surface area contributed by atoms with Gasteiger partial charge in [-0.2, -0.15) is 0 Å². The molecule has 0 aliphatic rings. The number of rotatable bonds is 3. The van der Waals surface area contributed by atoms with Crippen LogP contribution in [-0.4, -0.2) is 36.4 Å². The van der Waals surface area contributed by atoms with Crippen molar-refractivity contribution in [3.05, 3.63) is 77.9 Å². The van der Waals surface area contributed by atoms with Crippen molar-refractivity contribution in [2.24, 2.45) is 0 Å². The summed E-state index contributed by atoms with van der Waals surface area (Å²) in [6.07, 6.45) is -1.45. The van der Waals surface area contributed by atoms with Crippen LogP contribution in [-0.2, 0) is 0 Å². The van der Waals surface area contributed by atoms with Crippen molar-refractivity contribution in [2.75, 3.05) is 0 Å². The minimum Gasteiger partial charge on any atom is -0.508 e. The highest BCUT2D eigenvalue weighted by atomic mass is 16.3. The quantitative estimate of drug-likeness (QED) is 0.308. The lowest BCUT2D eigenvalue weighted by Gasteiger charge is -2.12. The largest absolute Gasteiger partial charge is 0.508 e. The van der Waals surface area contributed by atoms with E-state index >= 15 is 0 Å². The van der Waals surface area contributed by atoms with E-state index in [0.717, 1.165) is 12.1 Å². The minimum absolute atomic E-state index is 0.0880. The van der Waals surface area contributed by atoms with Gasteiger partial charge in [-0.3, -0.25) is 4.79 Å². The number of phenolic OH excluding ortho intramolecular Hbond substituents is 5. The van der Waals surface area contributed by atoms with Crippen LogP contribution < -0.4 is 0 Å². The van der Waals surface area contributed by atoms with E-state index in [0.29, 0.717) is 5.56 Å². The number of hydrogen-bond acceptors (Lipinski definition) is 7. The lowest BCUT2D eigenvalue weighted by Crippen LogP contribution is -2.12. The number of aliphatic hydroxyl groups is 1. The number of ketones is 1. The molecule has 3 aromatic rings. The molecule has 0 saturated heterocycles. The van der Waals surface area contributed by atoms with Crippen molar-refractivity contribution in [1.82, 2.24) is 0 Å². The van der Waals surface area contributed by atoms with Crippen molar-refractivity contribution in [3.63, 3.8) is 0 Å². The molecule has 0 aromatic heterocycles. The number of aliphatic hydroxyl groups excluding tert-OH is 1. The number of aromatic hydroxyl groups is 5. The predicted molar refractivity (Wildman–Crippen MR) is 96.9 cm³/mol. The summed E-state index contributed by atoms with van der Waals surface area (Å²) < 4.78 is 0. The zero-order valence-electron chi connectivity index (χ0n) is 14.0. The number of hydrogen-bond donors (Lipinski definition) is 6. The Bertz CT molecular complexity index is 906. The van der Waals surface area contributed by atoms with Crippen molar-refractivity contribution in [2.45, 2.75) is 6.10 Å². The highest BCUT2D eigenvalue weighted by Gasteiger charge is 2.24. The van der Waals surface area contributed by atoms with Gasteiger partial charge in [-0.15, -0.1) is 0 Å². The molecule has 0 amide bonds. The Hall–Kier alpha value is -3.71. The van der Waals surface area contributed by atoms with Gasteiger partial charge in [0.25, 0.3) is 0 Å². The monoisotopic (exact) mass is 370 g/mol. The van der Waals surface area contributed by atoms with Crippen molar-refractivity contribution >= 4 is 5.78 Å². The van der Waals surface area contributed by atoms with E-state index in [-0.39, 0.29) is 17.1 Å². The first-order valence-corrected chi connectivity index (χ1v) is 7.80. The second kappa shape index (κ2) is 8.59. The van der Waals surface area contributed by atoms with Crippen LogP contribution in [0.15, 0.2) is 66.7 Å². The maximum absolute atomic E-state index is 12.0. The topological polar surface area (TPSA) is 138 Å². The number of carbonyl (C=O) groups excluding carboxylic acids is 1. The fraction of sp³-hybridized carbons (Fsp3) is 0.0500. The van der Waals surface area contributed by atoms with Crippen LogP contribution in [0.3, 0.4) is 0 Å². The molecule has 1 atom stereocenters. The van der Waals surface area contributed by atoms with Crippen molar-refractivity contribution in [1.29, 1.82) is 0 Å². The van der Waals surface area contributed by atoms with E-state index < -0.39 is 29.1 Å². The summed E-state index contributed by atoms with van der Waals surface area (Å²) in [5.74, 6) is -2.66. The lowest BCUT2D eigenvalue weighted by molar-refractivity contribution is 0.0744. The molecule has 0 heterocycles. The summed E-state index contributed by atoms with van der Waals surface area (Å²) in [7, 11) is 0. The van der Waals surface area contributed by atoms with Gasteiger partial charge >= 0.3 is 0 Å². The first kappa shape index (κ1) is 19.6. The zero-order chi connectivity index (χ0) is 20.0. The van der Waals surface area contributed by atoms with Crippen LogP contribution in [0.5, 0.6) is 28.7 Å². The fourth-order valence-corrected chi connectivity index (χ4v) is 2.19. The second-order valence-electron chi connectivity index (χ2n) is 5.53. The molecule has 0 aliphatic heterocycles. The maximum atomic E-state index is 12.0. The molecule has 0 spiro atoms. The van der Waals surface area contributed by atoms with Gasteiger partial charge < -0.3 is 30.6 Å². The van der Waals surface area contributed by atoms with Gasteiger partial charge in [-0.05, 0) is 29.8 Å². The molecule has 3 aromatic carbocycles. The molecule has 0 fully saturated rings. The maximum Gasteiger partial charge on any atom is 0.201 e. The summed E-state index contributed by atoms with van der Waals surface area (Å²) in [6.45, 7) is 0. The number of phenols is 5. The molecule has 7 heteroatoms. The van der Waals surface area contributed by atoms with E-state index in [4.69, 9.17) is 10.2 Å². The average molecular weight is 370 g/mol. The van der Waals surface area contributed by atoms with Gasteiger partial charge in [0, 0.05) is 6.07 Å². The highest BCUT2D eigenvalue weighted by Crippen LogP contribution is 2.38. The molecule has 7 nitrogen and oxygen atoms in total. The minimum atomic E-state index is -1.45. The van der Waals surface area contributed by atoms with E-state index in [2.05, 4.69) is 0 Å². The first-order valence-electron chi connectivity index (χ1n) is 7.80. The van der Waals surface area contributed by atoms with Crippen LogP contribution in [0.25, 0.3) is 0 Å². The Kier molecular flexibility index (Phi) is 6.24. The van der Waals surface area contributed by atoms with Crippen LogP contribution in [0, 0.1) is 0 Å². The van der Waals surface area contributed by atoms with Gasteiger partial charge in [-0.25, -0.2) is 0 Å². The third-order valence-electron chi connectivity index (χ3n) is 3.59. The van der Waals surface area contributed by atoms with E-state index in [1.165, 1.54) is 18.2 Å². The van der Waals surface area contributed by atoms with Gasteiger partial charge in [0.1, 0.15) is 17.6 Å². The Morgan fingerprint density at radius 2 is 1.30 bits per heavy atom. The third-order valence-corrected chi connectivity index (χ3v) is 3.59. The molecule has 1 unspecified atom stereocenters. The summed E-state index contributed by atoms with van der Waals surface area (Å²) in [6, 6.07) is 16.3. The van der Waals surface area contributed by atoms with Crippen LogP contribution in [0.2, 0.25) is 0 Å². The van der Waals surface area contributed by atoms with E-state index in [9.17, 15) is 25.2 Å². The van der Waals surface area contributed by atoms with Gasteiger partial charge in [0.05, 0.1) is 5.56 Å². The molecule has 0 aliphatic carbocycles. The molecule has 27 heavy (non-hydrogen) atoms. The molecule has 0 radical (unpaired) electrons. The summed E-state index contributed by atoms with van der Waals surface area (Å²) in [5.41, 5.74) is 0.117. The predicted octanol–water partition coefficient (Wildman–Crippen LogP) is 2.82. The van der Waals surface area contributed by atoms with E-state index in [1.807, 2.05) is 0 Å². The normalized spacial score (nSPS) is 11.1. The standard InChI is InChI=1S/C14H12O5.C6H6O2/c15-10-7-6-9(13(18)14(10)19)12(17)11(16)8-4-2-1-3-5-8;7-5-2-1-3-6(8)4-5/h1-7,11,15-16,18-19H;1-4,7-8H. The molecule has 3 rings (SSSR count). The fourth-order valence-electron chi connectivity index (χ4n) is 2.19. The Morgan fingerprint density at radius 1 is 0.704 bits per heavy atom. The Morgan fingerprint density at radius 3 is 1.81 bits per heavy atom. The third kappa shape index (κ3) is 4.90. The molecular formula is C20H18O7. The van der Waals surface area contributed by atoms with Crippen LogP contribution in [0.1, 0.15) is 22.0 Å². The summed E-state index contributed by atoms with van der Waals surface area (Å²) >= 11 is 0. The highest BCUT2D eigenvalue weighted by molar-refractivity contribution is 6.03. The molecule has 0 saturated carbocycles. The number of benzene rings is 3. The van der Waals surface area contributed by atoms with Crippen molar-refractivity contribution in [3.8, 4) is 28.7 Å². The van der Waals surface area contributed by atoms with Crippen LogP contribution >= 0.6 is 0 Å². The zero-order valence-corrected chi connectivity index (χ0v) is 14.0. The first-order chi connectivity index (χ1) is 12.8. The van der Waals surface area contributed by atoms with Gasteiger partial charge in [0.2, 0.25) is 5.75 Å². The summed E-state index contributed by atoms with van der Waals surface area (Å²) in [5, 5.41) is 55.4. The summed E-state index contributed by atoms with van der Waals surface area (Å²) in [4.78, 5) is 12.0. The molecule has 0 bridgehead atoms. The Labute approximate surface area is 154 Å². The molecule has 6 N–H and O–H groups in total. The van der Waals surface area contributed by atoms with E-state index in [1.54, 1.807) is 36.4 Å². The molecule has 140 valence electrons. The van der Waals surface area contributed by atoms with Crippen molar-refractivity contribution < 1.29 is 35.4 Å². The molecular weight excluding hydrogens is 352 g/mol. The SMILES string of the molecule is O=C(c1ccc(O)c(O)c1O)C(O)c1ccccc1.Oc1cccc(O)c1. The lowest BCUT2D eigenvalue weighted by atomic mass is 9.99. The second-order valence-corrected chi connectivity index (χ2v) is 5.53.